The summed E-state index contributed by atoms with van der Waals surface area (Å²) in [4.78, 5) is 1.42. The van der Waals surface area contributed by atoms with E-state index in [0.717, 1.165) is 13.1 Å². The largest absolute Gasteiger partial charge is 0.323 e. The van der Waals surface area contributed by atoms with Crippen LogP contribution in [0.2, 0.25) is 0 Å². The number of hydrogen-bond acceptors (Lipinski definition) is 3. The molecule has 2 rings (SSSR count). The molecule has 60 valence electrons. The Morgan fingerprint density at radius 2 is 2.55 bits per heavy atom. The molecule has 1 aromatic heterocycles. The molecule has 11 heavy (non-hydrogen) atoms. The molecule has 0 saturated carbocycles. The number of nitrogens with one attached hydrogen (secondary N) is 1. The quantitative estimate of drug-likeness (QED) is 0.610. The Kier molecular flexibility index (Phi) is 1.71. The molecule has 0 saturated heterocycles. The minimum Gasteiger partial charge on any atom is -0.323 e. The van der Waals surface area contributed by atoms with E-state index in [1.54, 1.807) is 0 Å². The van der Waals surface area contributed by atoms with Gasteiger partial charge < -0.3 is 11.1 Å². The lowest BCUT2D eigenvalue weighted by molar-refractivity contribution is 0.561. The Morgan fingerprint density at radius 1 is 1.73 bits per heavy atom. The zero-order valence-electron chi connectivity index (χ0n) is 6.55. The van der Waals surface area contributed by atoms with Gasteiger partial charge in [-0.1, -0.05) is 0 Å². The van der Waals surface area contributed by atoms with Gasteiger partial charge in [0, 0.05) is 24.0 Å². The van der Waals surface area contributed by atoms with Gasteiger partial charge in [-0.3, -0.25) is 0 Å². The van der Waals surface area contributed by atoms with E-state index >= 15 is 0 Å². The predicted octanol–water partition coefficient (Wildman–Crippen LogP) is 1.16. The van der Waals surface area contributed by atoms with Crippen molar-refractivity contribution in [3.8, 4) is 0 Å². The second-order valence-corrected chi connectivity index (χ2v) is 3.96. The summed E-state index contributed by atoms with van der Waals surface area (Å²) in [7, 11) is 0. The summed E-state index contributed by atoms with van der Waals surface area (Å²) < 4.78 is 0. The van der Waals surface area contributed by atoms with Crippen molar-refractivity contribution in [1.29, 1.82) is 0 Å². The summed E-state index contributed by atoms with van der Waals surface area (Å²) in [5.41, 5.74) is 8.68. The molecule has 1 aliphatic heterocycles. The first-order valence-electron chi connectivity index (χ1n) is 3.82. The standard InChI is InChI=1S/C8H12N2S/c1-5-4-11-7-3-10-2-6(9)8(5)7/h4,6,10H,2-3,9H2,1H3. The first-order valence-corrected chi connectivity index (χ1v) is 4.70. The molecule has 1 unspecified atom stereocenters. The lowest BCUT2D eigenvalue weighted by Crippen LogP contribution is -2.32. The predicted molar refractivity (Wildman–Crippen MR) is 47.7 cm³/mol. The molecule has 0 spiro atoms. The highest BCUT2D eigenvalue weighted by Crippen LogP contribution is 2.28. The van der Waals surface area contributed by atoms with Crippen LogP contribution in [0.25, 0.3) is 0 Å². The first-order chi connectivity index (χ1) is 5.29. The number of hydrogen-bond donors (Lipinski definition) is 2. The van der Waals surface area contributed by atoms with Crippen LogP contribution in [-0.4, -0.2) is 6.54 Å². The van der Waals surface area contributed by atoms with Crippen molar-refractivity contribution >= 4 is 11.3 Å². The van der Waals surface area contributed by atoms with E-state index in [0.29, 0.717) is 0 Å². The van der Waals surface area contributed by atoms with Crippen LogP contribution in [0.5, 0.6) is 0 Å². The van der Waals surface area contributed by atoms with Crippen LogP contribution in [0.4, 0.5) is 0 Å². The molecule has 3 N–H and O–H groups in total. The molecular formula is C8H12N2S. The zero-order valence-corrected chi connectivity index (χ0v) is 7.37. The van der Waals surface area contributed by atoms with E-state index in [-0.39, 0.29) is 6.04 Å². The van der Waals surface area contributed by atoms with E-state index in [1.807, 2.05) is 11.3 Å². The van der Waals surface area contributed by atoms with Crippen LogP contribution in [-0.2, 0) is 6.54 Å². The molecule has 2 nitrogen and oxygen atoms in total. The Labute approximate surface area is 70.4 Å². The van der Waals surface area contributed by atoms with E-state index in [2.05, 4.69) is 17.6 Å². The summed E-state index contributed by atoms with van der Waals surface area (Å²) in [6, 6.07) is 0.213. The van der Waals surface area contributed by atoms with E-state index in [1.165, 1.54) is 16.0 Å². The molecule has 0 bridgehead atoms. The monoisotopic (exact) mass is 168 g/mol. The molecule has 0 radical (unpaired) electrons. The van der Waals surface area contributed by atoms with Gasteiger partial charge in [-0.2, -0.15) is 0 Å². The maximum absolute atomic E-state index is 5.94. The molecule has 0 aromatic carbocycles. The average molecular weight is 168 g/mol. The third-order valence-electron chi connectivity index (χ3n) is 2.12. The van der Waals surface area contributed by atoms with Crippen LogP contribution in [0.1, 0.15) is 22.0 Å². The third kappa shape index (κ3) is 1.09. The second-order valence-electron chi connectivity index (χ2n) is 2.99. The Bertz CT molecular complexity index is 267. The molecule has 0 amide bonds. The smallest absolute Gasteiger partial charge is 0.0436 e. The molecule has 0 fully saturated rings. The molecule has 2 heterocycles. The van der Waals surface area contributed by atoms with Gasteiger partial charge >= 0.3 is 0 Å². The highest BCUT2D eigenvalue weighted by molar-refractivity contribution is 7.10. The minimum absolute atomic E-state index is 0.213. The molecular weight excluding hydrogens is 156 g/mol. The maximum atomic E-state index is 5.94. The van der Waals surface area contributed by atoms with Gasteiger partial charge in [-0.25, -0.2) is 0 Å². The zero-order chi connectivity index (χ0) is 7.84. The van der Waals surface area contributed by atoms with Gasteiger partial charge in [0.15, 0.2) is 0 Å². The molecule has 1 aromatic rings. The number of nitrogens with two attached hydrogens (primary N) is 1. The van der Waals surface area contributed by atoms with Crippen LogP contribution in [0, 0.1) is 6.92 Å². The van der Waals surface area contributed by atoms with Crippen LogP contribution >= 0.6 is 11.3 Å². The number of rotatable bonds is 0. The Morgan fingerprint density at radius 3 is 3.27 bits per heavy atom. The fraction of sp³-hybridized carbons (Fsp3) is 0.500. The van der Waals surface area contributed by atoms with Crippen molar-refractivity contribution in [2.24, 2.45) is 5.73 Å². The molecule has 3 heteroatoms. The number of fused-ring (bicyclic) bond motifs is 1. The molecule has 1 atom stereocenters. The fourth-order valence-electron chi connectivity index (χ4n) is 1.59. The topological polar surface area (TPSA) is 38.0 Å². The third-order valence-corrected chi connectivity index (χ3v) is 3.24. The van der Waals surface area contributed by atoms with Gasteiger partial charge in [-0.15, -0.1) is 11.3 Å². The lowest BCUT2D eigenvalue weighted by Gasteiger charge is -2.20. The van der Waals surface area contributed by atoms with Crippen molar-refractivity contribution < 1.29 is 0 Å². The minimum atomic E-state index is 0.213. The Balaban J connectivity index is 2.48. The number of aryl methyl sites for hydroxylation is 1. The second kappa shape index (κ2) is 2.59. The SMILES string of the molecule is Cc1csc2c1C(N)CNC2. The summed E-state index contributed by atoms with van der Waals surface area (Å²) in [5.74, 6) is 0. The van der Waals surface area contributed by atoms with Gasteiger partial charge in [0.1, 0.15) is 0 Å². The summed E-state index contributed by atoms with van der Waals surface area (Å²) in [6.07, 6.45) is 0. The fourth-order valence-corrected chi connectivity index (χ4v) is 2.66. The lowest BCUT2D eigenvalue weighted by atomic mass is 10.0. The summed E-state index contributed by atoms with van der Waals surface area (Å²) in [6.45, 7) is 4.06. The summed E-state index contributed by atoms with van der Waals surface area (Å²) >= 11 is 1.81. The van der Waals surface area contributed by atoms with Gasteiger partial charge in [0.05, 0.1) is 0 Å². The van der Waals surface area contributed by atoms with Gasteiger partial charge in [0.2, 0.25) is 0 Å². The van der Waals surface area contributed by atoms with Crippen LogP contribution in [0.3, 0.4) is 0 Å². The van der Waals surface area contributed by atoms with E-state index in [9.17, 15) is 0 Å². The average Bonchev–Trinajstić information content (AvgIpc) is 2.34. The van der Waals surface area contributed by atoms with Crippen LogP contribution in [0.15, 0.2) is 5.38 Å². The van der Waals surface area contributed by atoms with Gasteiger partial charge in [0.25, 0.3) is 0 Å². The molecule has 1 aliphatic rings. The first kappa shape index (κ1) is 7.28. The van der Waals surface area contributed by atoms with Crippen LogP contribution < -0.4 is 11.1 Å². The highest BCUT2D eigenvalue weighted by Gasteiger charge is 2.19. The van der Waals surface area contributed by atoms with E-state index in [4.69, 9.17) is 5.73 Å². The Hall–Kier alpha value is -0.380. The van der Waals surface area contributed by atoms with Crippen molar-refractivity contribution in [3.63, 3.8) is 0 Å². The van der Waals surface area contributed by atoms with Crippen molar-refractivity contribution in [2.75, 3.05) is 6.54 Å². The van der Waals surface area contributed by atoms with E-state index < -0.39 is 0 Å². The van der Waals surface area contributed by atoms with Crippen molar-refractivity contribution in [3.05, 3.63) is 21.4 Å². The van der Waals surface area contributed by atoms with Crippen molar-refractivity contribution in [1.82, 2.24) is 5.32 Å². The highest BCUT2D eigenvalue weighted by atomic mass is 32.1. The maximum Gasteiger partial charge on any atom is 0.0436 e. The molecule has 0 aliphatic carbocycles. The van der Waals surface area contributed by atoms with Crippen molar-refractivity contribution in [2.45, 2.75) is 19.5 Å². The van der Waals surface area contributed by atoms with Gasteiger partial charge in [-0.05, 0) is 23.4 Å². The number of thiophene rings is 1. The summed E-state index contributed by atoms with van der Waals surface area (Å²) in [5, 5.41) is 5.48. The normalized spacial score (nSPS) is 23.3.